The van der Waals surface area contributed by atoms with Crippen molar-refractivity contribution in [3.05, 3.63) is 37.0 Å². The number of alkyl halides is 3. The van der Waals surface area contributed by atoms with E-state index in [0.29, 0.717) is 0 Å². The van der Waals surface area contributed by atoms with Crippen LogP contribution in [0.25, 0.3) is 0 Å². The molecule has 0 radical (unpaired) electrons. The Kier molecular flexibility index (Phi) is 2.93. The van der Waals surface area contributed by atoms with E-state index in [0.717, 1.165) is 18.2 Å². The quantitative estimate of drug-likeness (QED) is 0.528. The molecule has 0 atom stereocenters. The smallest absolute Gasteiger partial charge is 0.166 e. The molecule has 0 spiro atoms. The first-order chi connectivity index (χ1) is 4.52. The minimum absolute atomic E-state index is 0.752. The summed E-state index contributed by atoms with van der Waals surface area (Å²) in [5.41, 5.74) is -0.775. The Morgan fingerprint density at radius 1 is 1.20 bits per heavy atom. The van der Waals surface area contributed by atoms with E-state index in [1.807, 2.05) is 0 Å². The highest BCUT2D eigenvalue weighted by molar-refractivity contribution is 5.25. The van der Waals surface area contributed by atoms with Crippen LogP contribution in [-0.4, -0.2) is 6.18 Å². The van der Waals surface area contributed by atoms with E-state index >= 15 is 0 Å². The van der Waals surface area contributed by atoms with Gasteiger partial charge in [0.1, 0.15) is 0 Å². The summed E-state index contributed by atoms with van der Waals surface area (Å²) >= 11 is 0. The van der Waals surface area contributed by atoms with Gasteiger partial charge in [-0.2, -0.15) is 13.2 Å². The zero-order valence-electron chi connectivity index (χ0n) is 5.28. The second-order valence-corrected chi connectivity index (χ2v) is 1.56. The molecule has 0 nitrogen and oxygen atoms in total. The molecule has 0 heterocycles. The van der Waals surface area contributed by atoms with Gasteiger partial charge in [0, 0.05) is 0 Å². The van der Waals surface area contributed by atoms with Gasteiger partial charge in [0.05, 0.1) is 5.57 Å². The Balaban J connectivity index is 4.51. The molecule has 0 aliphatic rings. The third-order valence-corrected chi connectivity index (χ3v) is 0.845. The van der Waals surface area contributed by atoms with Gasteiger partial charge in [-0.05, 0) is 0 Å². The Bertz CT molecular complexity index is 162. The molecule has 0 aromatic carbocycles. The van der Waals surface area contributed by atoms with Gasteiger partial charge in [0.25, 0.3) is 0 Å². The predicted molar refractivity (Wildman–Crippen MR) is 34.5 cm³/mol. The van der Waals surface area contributed by atoms with Gasteiger partial charge in [0.15, 0.2) is 0 Å². The van der Waals surface area contributed by atoms with Crippen LogP contribution in [0.15, 0.2) is 37.0 Å². The summed E-state index contributed by atoms with van der Waals surface area (Å²) < 4.78 is 35.2. The van der Waals surface area contributed by atoms with Gasteiger partial charge in [-0.25, -0.2) is 0 Å². The van der Waals surface area contributed by atoms with Gasteiger partial charge in [0.2, 0.25) is 0 Å². The lowest BCUT2D eigenvalue weighted by Crippen LogP contribution is -2.09. The van der Waals surface area contributed by atoms with Crippen molar-refractivity contribution in [2.75, 3.05) is 0 Å². The molecule has 0 amide bonds. The molecular weight excluding hydrogens is 141 g/mol. The maximum absolute atomic E-state index is 11.7. The van der Waals surface area contributed by atoms with Crippen LogP contribution in [0.2, 0.25) is 0 Å². The van der Waals surface area contributed by atoms with Crippen LogP contribution < -0.4 is 0 Å². The maximum Gasteiger partial charge on any atom is 0.416 e. The summed E-state index contributed by atoms with van der Waals surface area (Å²) in [6.45, 7) is 6.15. The minimum Gasteiger partial charge on any atom is -0.166 e. The normalized spacial score (nSPS) is 12.9. The molecule has 0 aliphatic heterocycles. The van der Waals surface area contributed by atoms with Crippen molar-refractivity contribution in [2.24, 2.45) is 0 Å². The summed E-state index contributed by atoms with van der Waals surface area (Å²) in [5, 5.41) is 0. The summed E-state index contributed by atoms with van der Waals surface area (Å²) in [4.78, 5) is 0. The standard InChI is InChI=1S/C7H7F3/c1-3-5-6(4-2)7(8,9)10/h3-5H,1-2H2. The molecule has 3 heteroatoms. The fourth-order valence-electron chi connectivity index (χ4n) is 0.405. The van der Waals surface area contributed by atoms with Crippen LogP contribution in [0.4, 0.5) is 13.2 Å². The fraction of sp³-hybridized carbons (Fsp3) is 0.143. The third-order valence-electron chi connectivity index (χ3n) is 0.845. The van der Waals surface area contributed by atoms with Crippen molar-refractivity contribution in [3.8, 4) is 0 Å². The summed E-state index contributed by atoms with van der Waals surface area (Å²) in [6.07, 6.45) is -1.62. The minimum atomic E-state index is -4.31. The first kappa shape index (κ1) is 9.01. The highest BCUT2D eigenvalue weighted by Crippen LogP contribution is 2.25. The van der Waals surface area contributed by atoms with E-state index in [9.17, 15) is 13.2 Å². The van der Waals surface area contributed by atoms with E-state index in [1.54, 1.807) is 0 Å². The average molecular weight is 148 g/mol. The molecule has 0 N–H and O–H groups in total. The van der Waals surface area contributed by atoms with Gasteiger partial charge >= 0.3 is 6.18 Å². The van der Waals surface area contributed by atoms with Crippen LogP contribution in [0.3, 0.4) is 0 Å². The first-order valence-corrected chi connectivity index (χ1v) is 2.54. The molecule has 0 fully saturated rings. The van der Waals surface area contributed by atoms with Crippen molar-refractivity contribution in [2.45, 2.75) is 6.18 Å². The van der Waals surface area contributed by atoms with Crippen LogP contribution in [-0.2, 0) is 0 Å². The van der Waals surface area contributed by atoms with Crippen molar-refractivity contribution in [1.82, 2.24) is 0 Å². The Hall–Kier alpha value is -0.990. The van der Waals surface area contributed by atoms with Crippen molar-refractivity contribution < 1.29 is 13.2 Å². The molecule has 0 saturated heterocycles. The number of allylic oxidation sites excluding steroid dienone is 4. The maximum atomic E-state index is 11.7. The molecule has 10 heavy (non-hydrogen) atoms. The Labute approximate surface area is 57.4 Å². The number of hydrogen-bond acceptors (Lipinski definition) is 0. The molecule has 0 bridgehead atoms. The molecule has 0 aliphatic carbocycles. The van der Waals surface area contributed by atoms with Gasteiger partial charge in [-0.15, -0.1) is 0 Å². The Morgan fingerprint density at radius 3 is 1.80 bits per heavy atom. The predicted octanol–water partition coefficient (Wildman–Crippen LogP) is 2.85. The highest BCUT2D eigenvalue weighted by atomic mass is 19.4. The fourth-order valence-corrected chi connectivity index (χ4v) is 0.405. The summed E-state index contributed by atoms with van der Waals surface area (Å²) in [7, 11) is 0. The highest BCUT2D eigenvalue weighted by Gasteiger charge is 2.30. The van der Waals surface area contributed by atoms with E-state index in [1.165, 1.54) is 0 Å². The van der Waals surface area contributed by atoms with E-state index in [-0.39, 0.29) is 0 Å². The van der Waals surface area contributed by atoms with Crippen molar-refractivity contribution in [1.29, 1.82) is 0 Å². The SMILES string of the molecule is C=CC=C(C=C)C(F)(F)F. The molecule has 0 aromatic rings. The summed E-state index contributed by atoms with van der Waals surface area (Å²) in [5.74, 6) is 0. The topological polar surface area (TPSA) is 0 Å². The van der Waals surface area contributed by atoms with E-state index < -0.39 is 11.7 Å². The van der Waals surface area contributed by atoms with Crippen molar-refractivity contribution >= 4 is 0 Å². The molecule has 0 rings (SSSR count). The van der Waals surface area contributed by atoms with E-state index in [4.69, 9.17) is 0 Å². The van der Waals surface area contributed by atoms with Gasteiger partial charge < -0.3 is 0 Å². The Morgan fingerprint density at radius 2 is 1.70 bits per heavy atom. The number of halogens is 3. The van der Waals surface area contributed by atoms with Crippen LogP contribution >= 0.6 is 0 Å². The average Bonchev–Trinajstić information content (AvgIpc) is 1.80. The molecular formula is C7H7F3. The summed E-state index contributed by atoms with van der Waals surface area (Å²) in [6, 6.07) is 0. The second kappa shape index (κ2) is 3.25. The second-order valence-electron chi connectivity index (χ2n) is 1.56. The van der Waals surface area contributed by atoms with E-state index in [2.05, 4.69) is 13.2 Å². The van der Waals surface area contributed by atoms with Crippen LogP contribution in [0.5, 0.6) is 0 Å². The van der Waals surface area contributed by atoms with Gasteiger partial charge in [-0.3, -0.25) is 0 Å². The van der Waals surface area contributed by atoms with Crippen LogP contribution in [0, 0.1) is 0 Å². The lowest BCUT2D eigenvalue weighted by Gasteiger charge is -2.04. The molecule has 56 valence electrons. The lowest BCUT2D eigenvalue weighted by molar-refractivity contribution is -0.0881. The van der Waals surface area contributed by atoms with Crippen molar-refractivity contribution in [3.63, 3.8) is 0 Å². The molecule has 0 aromatic heterocycles. The van der Waals surface area contributed by atoms with Gasteiger partial charge in [-0.1, -0.05) is 31.4 Å². The molecule has 0 unspecified atom stereocenters. The monoisotopic (exact) mass is 148 g/mol. The number of rotatable bonds is 2. The number of hydrogen-bond donors (Lipinski definition) is 0. The third kappa shape index (κ3) is 2.53. The largest absolute Gasteiger partial charge is 0.416 e. The first-order valence-electron chi connectivity index (χ1n) is 2.54. The lowest BCUT2D eigenvalue weighted by atomic mass is 10.2. The zero-order chi connectivity index (χ0) is 8.20. The van der Waals surface area contributed by atoms with Crippen LogP contribution in [0.1, 0.15) is 0 Å². The zero-order valence-corrected chi connectivity index (χ0v) is 5.28. The molecule has 0 saturated carbocycles.